The fourth-order valence-corrected chi connectivity index (χ4v) is 4.54. The van der Waals surface area contributed by atoms with Crippen LogP contribution in [0.25, 0.3) is 11.3 Å². The molecule has 8 heteroatoms. The maximum Gasteiger partial charge on any atom is 0.229 e. The van der Waals surface area contributed by atoms with Crippen molar-refractivity contribution in [2.45, 2.75) is 19.8 Å². The van der Waals surface area contributed by atoms with Crippen LogP contribution in [-0.2, 0) is 4.79 Å². The molecule has 0 atom stereocenters. The first-order valence-corrected chi connectivity index (χ1v) is 11.0. The van der Waals surface area contributed by atoms with Crippen LogP contribution in [0.3, 0.4) is 0 Å². The number of hydrogen-bond donors (Lipinski definition) is 1. The molecule has 0 unspecified atom stereocenters. The molecule has 150 valence electrons. The lowest BCUT2D eigenvalue weighted by Crippen LogP contribution is -2.38. The van der Waals surface area contributed by atoms with Crippen molar-refractivity contribution in [3.05, 3.63) is 57.5 Å². The highest BCUT2D eigenvalue weighted by Gasteiger charge is 2.26. The molecule has 29 heavy (non-hydrogen) atoms. The van der Waals surface area contributed by atoms with Gasteiger partial charge in [-0.2, -0.15) is 0 Å². The van der Waals surface area contributed by atoms with Crippen LogP contribution in [0.1, 0.15) is 17.7 Å². The molecule has 5 nitrogen and oxygen atoms in total. The molecule has 1 amide bonds. The highest BCUT2D eigenvalue weighted by atomic mass is 35.5. The van der Waals surface area contributed by atoms with Gasteiger partial charge in [-0.15, -0.1) is 11.3 Å². The smallest absolute Gasteiger partial charge is 0.229 e. The van der Waals surface area contributed by atoms with Crippen molar-refractivity contribution >= 4 is 51.4 Å². The number of rotatable bonds is 4. The maximum atomic E-state index is 12.7. The van der Waals surface area contributed by atoms with Crippen LogP contribution in [0.2, 0.25) is 10.0 Å². The zero-order valence-electron chi connectivity index (χ0n) is 15.9. The molecule has 0 aliphatic carbocycles. The van der Waals surface area contributed by atoms with E-state index in [-0.39, 0.29) is 11.8 Å². The second kappa shape index (κ2) is 8.69. The van der Waals surface area contributed by atoms with Crippen molar-refractivity contribution in [1.29, 1.82) is 0 Å². The van der Waals surface area contributed by atoms with E-state index in [9.17, 15) is 4.79 Å². The number of aryl methyl sites for hydroxylation is 1. The molecule has 1 fully saturated rings. The standard InChI is InChI=1S/C21H20Cl2N4OS/c1-13-19(14-2-4-16(22)5-3-14)25-21(29-13)26-20(28)15-8-10-27(11-9-15)18-7-6-17(23)12-24-18/h2-7,12,15H,8-11H2,1H3,(H,25,26,28). The topological polar surface area (TPSA) is 58.1 Å². The Kier molecular flexibility index (Phi) is 6.04. The Labute approximate surface area is 183 Å². The zero-order valence-corrected chi connectivity index (χ0v) is 18.2. The number of thiazole rings is 1. The normalized spacial score (nSPS) is 14.8. The monoisotopic (exact) mass is 446 g/mol. The molecule has 1 aliphatic heterocycles. The summed E-state index contributed by atoms with van der Waals surface area (Å²) in [6.45, 7) is 3.59. The van der Waals surface area contributed by atoms with Crippen LogP contribution < -0.4 is 10.2 Å². The van der Waals surface area contributed by atoms with E-state index in [1.54, 1.807) is 6.20 Å². The first-order chi connectivity index (χ1) is 14.0. The van der Waals surface area contributed by atoms with E-state index in [1.165, 1.54) is 11.3 Å². The number of pyridine rings is 1. The van der Waals surface area contributed by atoms with Crippen molar-refractivity contribution < 1.29 is 4.79 Å². The molecule has 4 rings (SSSR count). The third-order valence-electron chi connectivity index (χ3n) is 5.05. The highest BCUT2D eigenvalue weighted by Crippen LogP contribution is 2.32. The zero-order chi connectivity index (χ0) is 20.4. The van der Waals surface area contributed by atoms with E-state index in [2.05, 4.69) is 20.2 Å². The van der Waals surface area contributed by atoms with Crippen molar-refractivity contribution in [3.8, 4) is 11.3 Å². The molecular weight excluding hydrogens is 427 g/mol. The van der Waals surface area contributed by atoms with Crippen molar-refractivity contribution in [1.82, 2.24) is 9.97 Å². The lowest BCUT2D eigenvalue weighted by atomic mass is 9.96. The number of piperidine rings is 1. The highest BCUT2D eigenvalue weighted by molar-refractivity contribution is 7.16. The summed E-state index contributed by atoms with van der Waals surface area (Å²) in [5, 5.41) is 4.96. The second-order valence-corrected chi connectivity index (χ2v) is 9.09. The number of benzene rings is 1. The van der Waals surface area contributed by atoms with Gasteiger partial charge in [0.2, 0.25) is 5.91 Å². The van der Waals surface area contributed by atoms with Gasteiger partial charge in [0.05, 0.1) is 10.7 Å². The van der Waals surface area contributed by atoms with E-state index in [4.69, 9.17) is 23.2 Å². The fourth-order valence-electron chi connectivity index (χ4n) is 3.46. The van der Waals surface area contributed by atoms with E-state index >= 15 is 0 Å². The number of carbonyl (C=O) groups is 1. The van der Waals surface area contributed by atoms with Gasteiger partial charge < -0.3 is 10.2 Å². The molecule has 3 heterocycles. The Morgan fingerprint density at radius 2 is 1.79 bits per heavy atom. The van der Waals surface area contributed by atoms with Gasteiger partial charge in [-0.25, -0.2) is 9.97 Å². The molecule has 0 saturated carbocycles. The summed E-state index contributed by atoms with van der Waals surface area (Å²) in [4.78, 5) is 25.0. The third-order valence-corrected chi connectivity index (χ3v) is 6.41. The van der Waals surface area contributed by atoms with Gasteiger partial charge in [-0.3, -0.25) is 4.79 Å². The number of halogens is 2. The first-order valence-electron chi connectivity index (χ1n) is 9.40. The Hall–Kier alpha value is -2.15. The average molecular weight is 447 g/mol. The van der Waals surface area contributed by atoms with Crippen LogP contribution in [0, 0.1) is 12.8 Å². The Bertz CT molecular complexity index is 997. The molecule has 1 aromatic carbocycles. The number of nitrogens with one attached hydrogen (secondary N) is 1. The maximum absolute atomic E-state index is 12.7. The van der Waals surface area contributed by atoms with Gasteiger partial charge in [0, 0.05) is 40.7 Å². The van der Waals surface area contributed by atoms with Crippen molar-refractivity contribution in [2.75, 3.05) is 23.3 Å². The molecule has 0 radical (unpaired) electrons. The number of carbonyl (C=O) groups excluding carboxylic acids is 1. The minimum atomic E-state index is -0.0262. The van der Waals surface area contributed by atoms with Gasteiger partial charge >= 0.3 is 0 Å². The summed E-state index contributed by atoms with van der Waals surface area (Å²) in [5.41, 5.74) is 1.87. The number of aromatic nitrogens is 2. The summed E-state index contributed by atoms with van der Waals surface area (Å²) >= 11 is 13.4. The lowest BCUT2D eigenvalue weighted by molar-refractivity contribution is -0.120. The minimum absolute atomic E-state index is 0.0262. The summed E-state index contributed by atoms with van der Waals surface area (Å²) in [5.74, 6) is 0.906. The van der Waals surface area contributed by atoms with E-state index < -0.39 is 0 Å². The molecule has 0 spiro atoms. The molecule has 1 aliphatic rings. The van der Waals surface area contributed by atoms with E-state index in [0.717, 1.165) is 47.9 Å². The number of amides is 1. The summed E-state index contributed by atoms with van der Waals surface area (Å²) in [7, 11) is 0. The molecule has 1 N–H and O–H groups in total. The fraction of sp³-hybridized carbons (Fsp3) is 0.286. The Morgan fingerprint density at radius 1 is 1.10 bits per heavy atom. The largest absolute Gasteiger partial charge is 0.357 e. The SMILES string of the molecule is Cc1sc(NC(=O)C2CCN(c3ccc(Cl)cn3)CC2)nc1-c1ccc(Cl)cc1. The molecule has 1 saturated heterocycles. The van der Waals surface area contributed by atoms with E-state index in [1.807, 2.05) is 43.3 Å². The van der Waals surface area contributed by atoms with Crippen LogP contribution in [0.15, 0.2) is 42.6 Å². The number of nitrogens with zero attached hydrogens (tertiary/aromatic N) is 3. The van der Waals surface area contributed by atoms with Crippen LogP contribution >= 0.6 is 34.5 Å². The number of anilines is 2. The molecule has 3 aromatic rings. The number of hydrogen-bond acceptors (Lipinski definition) is 5. The molecular formula is C21H20Cl2N4OS. The first kappa shape index (κ1) is 20.1. The summed E-state index contributed by atoms with van der Waals surface area (Å²) in [6.07, 6.45) is 3.22. The van der Waals surface area contributed by atoms with Gasteiger partial charge in [0.15, 0.2) is 5.13 Å². The average Bonchev–Trinajstić information content (AvgIpc) is 3.09. The van der Waals surface area contributed by atoms with Gasteiger partial charge in [0.25, 0.3) is 0 Å². The van der Waals surface area contributed by atoms with Crippen molar-refractivity contribution in [3.63, 3.8) is 0 Å². The third kappa shape index (κ3) is 4.71. The quantitative estimate of drug-likeness (QED) is 0.560. The predicted molar refractivity (Wildman–Crippen MR) is 120 cm³/mol. The lowest BCUT2D eigenvalue weighted by Gasteiger charge is -2.32. The summed E-state index contributed by atoms with van der Waals surface area (Å²) < 4.78 is 0. The van der Waals surface area contributed by atoms with E-state index in [0.29, 0.717) is 15.2 Å². The van der Waals surface area contributed by atoms with Crippen LogP contribution in [0.4, 0.5) is 10.9 Å². The second-order valence-electron chi connectivity index (χ2n) is 7.02. The van der Waals surface area contributed by atoms with Crippen molar-refractivity contribution in [2.24, 2.45) is 5.92 Å². The minimum Gasteiger partial charge on any atom is -0.357 e. The van der Waals surface area contributed by atoms with Gasteiger partial charge in [-0.1, -0.05) is 35.3 Å². The van der Waals surface area contributed by atoms with Crippen LogP contribution in [0.5, 0.6) is 0 Å². The Balaban J connectivity index is 1.37. The molecule has 2 aromatic heterocycles. The van der Waals surface area contributed by atoms with Gasteiger partial charge in [0.1, 0.15) is 5.82 Å². The molecule has 0 bridgehead atoms. The summed E-state index contributed by atoms with van der Waals surface area (Å²) in [6, 6.07) is 11.3. The van der Waals surface area contributed by atoms with Gasteiger partial charge in [-0.05, 0) is 44.0 Å². The predicted octanol–water partition coefficient (Wildman–Crippen LogP) is 5.68. The Morgan fingerprint density at radius 3 is 2.45 bits per heavy atom. The van der Waals surface area contributed by atoms with Crippen LogP contribution in [-0.4, -0.2) is 29.0 Å².